The van der Waals surface area contributed by atoms with Crippen LogP contribution in [-0.4, -0.2) is 44.0 Å². The SMILES string of the molecule is CCc1occc1C(=O)N1CCC(O)(c2cn(C(C)C)nn2)C1. The molecule has 2 aromatic heterocycles. The minimum absolute atomic E-state index is 0.109. The van der Waals surface area contributed by atoms with Crippen LogP contribution in [0.4, 0.5) is 0 Å². The molecule has 0 aromatic carbocycles. The van der Waals surface area contributed by atoms with Crippen LogP contribution in [0.3, 0.4) is 0 Å². The summed E-state index contributed by atoms with van der Waals surface area (Å²) in [4.78, 5) is 14.3. The fraction of sp³-hybridized carbons (Fsp3) is 0.562. The molecule has 3 rings (SSSR count). The molecule has 1 aliphatic rings. The molecule has 0 radical (unpaired) electrons. The molecule has 0 spiro atoms. The number of aromatic nitrogens is 3. The van der Waals surface area contributed by atoms with E-state index >= 15 is 0 Å². The first-order valence-corrected chi connectivity index (χ1v) is 7.95. The highest BCUT2D eigenvalue weighted by Gasteiger charge is 2.42. The van der Waals surface area contributed by atoms with E-state index in [1.54, 1.807) is 21.8 Å². The van der Waals surface area contributed by atoms with Crippen LogP contribution in [0.5, 0.6) is 0 Å². The zero-order valence-electron chi connectivity index (χ0n) is 13.7. The summed E-state index contributed by atoms with van der Waals surface area (Å²) in [6, 6.07) is 1.87. The zero-order valence-corrected chi connectivity index (χ0v) is 13.7. The lowest BCUT2D eigenvalue weighted by Crippen LogP contribution is -2.34. The van der Waals surface area contributed by atoms with Crippen molar-refractivity contribution in [2.45, 2.75) is 45.3 Å². The van der Waals surface area contributed by atoms with E-state index in [9.17, 15) is 9.90 Å². The lowest BCUT2D eigenvalue weighted by Gasteiger charge is -2.21. The van der Waals surface area contributed by atoms with E-state index in [2.05, 4.69) is 10.3 Å². The number of carbonyl (C=O) groups is 1. The number of hydrogen-bond acceptors (Lipinski definition) is 5. The molecule has 0 bridgehead atoms. The predicted molar refractivity (Wildman–Crippen MR) is 82.9 cm³/mol. The summed E-state index contributed by atoms with van der Waals surface area (Å²) in [5.41, 5.74) is -0.0502. The van der Waals surface area contributed by atoms with Crippen molar-refractivity contribution in [3.63, 3.8) is 0 Å². The third-order valence-electron chi connectivity index (χ3n) is 4.35. The molecule has 0 aliphatic carbocycles. The number of likely N-dealkylation sites (tertiary alicyclic amines) is 1. The van der Waals surface area contributed by atoms with Gasteiger partial charge in [-0.1, -0.05) is 12.1 Å². The first kappa shape index (κ1) is 15.7. The molecule has 1 N–H and O–H groups in total. The largest absolute Gasteiger partial charge is 0.469 e. The van der Waals surface area contributed by atoms with E-state index in [1.807, 2.05) is 20.8 Å². The first-order chi connectivity index (χ1) is 10.9. The molecule has 2 aromatic rings. The normalized spacial score (nSPS) is 21.3. The predicted octanol–water partition coefficient (Wildman–Crippen LogP) is 1.75. The standard InChI is InChI=1S/C16H22N4O3/c1-4-13-12(5-8-23-13)15(21)19-7-6-16(22,10-19)14-9-20(11(2)3)18-17-14/h5,8-9,11,22H,4,6-7,10H2,1-3H3. The Balaban J connectivity index is 1.78. The fourth-order valence-corrected chi connectivity index (χ4v) is 2.89. The summed E-state index contributed by atoms with van der Waals surface area (Å²) < 4.78 is 7.04. The number of rotatable bonds is 4. The van der Waals surface area contributed by atoms with Crippen molar-refractivity contribution in [3.8, 4) is 0 Å². The van der Waals surface area contributed by atoms with Gasteiger partial charge >= 0.3 is 0 Å². The maximum absolute atomic E-state index is 12.6. The van der Waals surface area contributed by atoms with Gasteiger partial charge in [0.15, 0.2) is 0 Å². The van der Waals surface area contributed by atoms with E-state index in [-0.39, 0.29) is 18.5 Å². The second-order valence-corrected chi connectivity index (χ2v) is 6.30. The number of hydrogen-bond donors (Lipinski definition) is 1. The molecule has 1 saturated heterocycles. The zero-order chi connectivity index (χ0) is 16.6. The highest BCUT2D eigenvalue weighted by atomic mass is 16.3. The van der Waals surface area contributed by atoms with Crippen LogP contribution >= 0.6 is 0 Å². The van der Waals surface area contributed by atoms with Gasteiger partial charge in [0, 0.05) is 25.4 Å². The Morgan fingerprint density at radius 2 is 2.30 bits per heavy atom. The van der Waals surface area contributed by atoms with Crippen LogP contribution in [0.1, 0.15) is 55.0 Å². The molecule has 1 fully saturated rings. The topological polar surface area (TPSA) is 84.4 Å². The van der Waals surface area contributed by atoms with E-state index in [0.717, 1.165) is 0 Å². The lowest BCUT2D eigenvalue weighted by molar-refractivity contribution is 0.0381. The lowest BCUT2D eigenvalue weighted by atomic mass is 10.00. The minimum atomic E-state index is -1.14. The van der Waals surface area contributed by atoms with Crippen LogP contribution < -0.4 is 0 Å². The van der Waals surface area contributed by atoms with Gasteiger partial charge in [0.2, 0.25) is 0 Å². The minimum Gasteiger partial charge on any atom is -0.469 e. The summed E-state index contributed by atoms with van der Waals surface area (Å²) in [5.74, 6) is 0.568. The fourth-order valence-electron chi connectivity index (χ4n) is 2.89. The number of β-amino-alcohol motifs (C(OH)–C–C–N with tert-alkyl or cyclic N) is 1. The Hall–Kier alpha value is -2.15. The molecule has 23 heavy (non-hydrogen) atoms. The molecular formula is C16H22N4O3. The molecule has 3 heterocycles. The summed E-state index contributed by atoms with van der Waals surface area (Å²) in [6.45, 7) is 6.64. The molecule has 0 saturated carbocycles. The first-order valence-electron chi connectivity index (χ1n) is 7.95. The third kappa shape index (κ3) is 2.76. The van der Waals surface area contributed by atoms with Gasteiger partial charge in [-0.25, -0.2) is 4.68 Å². The van der Waals surface area contributed by atoms with Crippen molar-refractivity contribution in [2.24, 2.45) is 0 Å². The molecule has 1 aliphatic heterocycles. The summed E-state index contributed by atoms with van der Waals surface area (Å²) in [7, 11) is 0. The summed E-state index contributed by atoms with van der Waals surface area (Å²) in [6.07, 6.45) is 4.40. The van der Waals surface area contributed by atoms with Crippen LogP contribution in [0, 0.1) is 0 Å². The highest BCUT2D eigenvalue weighted by molar-refractivity contribution is 5.95. The van der Waals surface area contributed by atoms with Crippen molar-refractivity contribution in [3.05, 3.63) is 35.5 Å². The Kier molecular flexibility index (Phi) is 3.97. The summed E-state index contributed by atoms with van der Waals surface area (Å²) >= 11 is 0. The van der Waals surface area contributed by atoms with E-state index in [0.29, 0.717) is 36.4 Å². The van der Waals surface area contributed by atoms with Gasteiger partial charge in [-0.15, -0.1) is 5.10 Å². The van der Waals surface area contributed by atoms with Gasteiger partial charge in [0.05, 0.1) is 24.6 Å². The van der Waals surface area contributed by atoms with Crippen molar-refractivity contribution in [2.75, 3.05) is 13.1 Å². The van der Waals surface area contributed by atoms with Gasteiger partial charge in [-0.3, -0.25) is 4.79 Å². The van der Waals surface area contributed by atoms with Crippen LogP contribution in [-0.2, 0) is 12.0 Å². The molecule has 1 unspecified atom stereocenters. The molecule has 1 amide bonds. The van der Waals surface area contributed by atoms with Crippen LogP contribution in [0.25, 0.3) is 0 Å². The Morgan fingerprint density at radius 3 is 2.96 bits per heavy atom. The summed E-state index contributed by atoms with van der Waals surface area (Å²) in [5, 5.41) is 19.0. The number of furan rings is 1. The van der Waals surface area contributed by atoms with Crippen molar-refractivity contribution in [1.82, 2.24) is 19.9 Å². The van der Waals surface area contributed by atoms with Gasteiger partial charge in [0.1, 0.15) is 17.1 Å². The Bertz CT molecular complexity index is 706. The second-order valence-electron chi connectivity index (χ2n) is 6.30. The number of aliphatic hydroxyl groups is 1. The number of nitrogens with zero attached hydrogens (tertiary/aromatic N) is 4. The average molecular weight is 318 g/mol. The Morgan fingerprint density at radius 1 is 1.52 bits per heavy atom. The van der Waals surface area contributed by atoms with Crippen molar-refractivity contribution in [1.29, 1.82) is 0 Å². The third-order valence-corrected chi connectivity index (χ3v) is 4.35. The van der Waals surface area contributed by atoms with E-state index < -0.39 is 5.60 Å². The second kappa shape index (κ2) is 5.81. The maximum Gasteiger partial charge on any atom is 0.257 e. The maximum atomic E-state index is 12.6. The van der Waals surface area contributed by atoms with Crippen LogP contribution in [0.2, 0.25) is 0 Å². The average Bonchev–Trinajstić information content (AvgIpc) is 3.25. The van der Waals surface area contributed by atoms with E-state index in [1.165, 1.54) is 6.26 Å². The molecule has 1 atom stereocenters. The smallest absolute Gasteiger partial charge is 0.257 e. The highest BCUT2D eigenvalue weighted by Crippen LogP contribution is 2.32. The Labute approximate surface area is 134 Å². The molecular weight excluding hydrogens is 296 g/mol. The van der Waals surface area contributed by atoms with E-state index in [4.69, 9.17) is 4.42 Å². The van der Waals surface area contributed by atoms with Gasteiger partial charge in [-0.05, 0) is 19.9 Å². The monoisotopic (exact) mass is 318 g/mol. The quantitative estimate of drug-likeness (QED) is 0.928. The van der Waals surface area contributed by atoms with Crippen molar-refractivity contribution >= 4 is 5.91 Å². The van der Waals surface area contributed by atoms with Crippen molar-refractivity contribution < 1.29 is 14.3 Å². The number of carbonyl (C=O) groups excluding carboxylic acids is 1. The van der Waals surface area contributed by atoms with Gasteiger partial charge in [0.25, 0.3) is 5.91 Å². The molecule has 7 heteroatoms. The molecule has 124 valence electrons. The number of aryl methyl sites for hydroxylation is 1. The number of amides is 1. The molecule has 7 nitrogen and oxygen atoms in total. The van der Waals surface area contributed by atoms with Crippen LogP contribution in [0.15, 0.2) is 22.9 Å². The van der Waals surface area contributed by atoms with Gasteiger partial charge < -0.3 is 14.4 Å². The van der Waals surface area contributed by atoms with Gasteiger partial charge in [-0.2, -0.15) is 0 Å².